The second kappa shape index (κ2) is 6.35. The lowest BCUT2D eigenvalue weighted by Crippen LogP contribution is -2.40. The molecule has 2 rings (SSSR count). The van der Waals surface area contributed by atoms with E-state index >= 15 is 0 Å². The molecule has 4 heteroatoms. The van der Waals surface area contributed by atoms with Gasteiger partial charge in [0.15, 0.2) is 0 Å². The first-order chi connectivity index (χ1) is 8.36. The summed E-state index contributed by atoms with van der Waals surface area (Å²) >= 11 is 0. The van der Waals surface area contributed by atoms with Crippen LogP contribution in [-0.4, -0.2) is 17.4 Å². The van der Waals surface area contributed by atoms with Gasteiger partial charge in [0.1, 0.15) is 0 Å². The molecule has 0 atom stereocenters. The molecular formula is C13H19N3O. The number of nitrogens with one attached hydrogen (secondary N) is 2. The Morgan fingerprint density at radius 1 is 1.24 bits per heavy atom. The molecule has 1 fully saturated rings. The van der Waals surface area contributed by atoms with Gasteiger partial charge < -0.3 is 0 Å². The Labute approximate surface area is 102 Å². The number of carbonyl (C=O) groups excluding carboxylic acids is 1. The number of amides is 1. The lowest BCUT2D eigenvalue weighted by Gasteiger charge is -2.21. The average molecular weight is 233 g/mol. The van der Waals surface area contributed by atoms with Gasteiger partial charge in [-0.1, -0.05) is 19.3 Å². The van der Waals surface area contributed by atoms with Crippen LogP contribution in [0.25, 0.3) is 0 Å². The normalized spacial score (nSPS) is 16.7. The van der Waals surface area contributed by atoms with Crippen molar-refractivity contribution in [3.8, 4) is 0 Å². The molecule has 92 valence electrons. The predicted octanol–water partition coefficient (Wildman–Crippen LogP) is 1.90. The van der Waals surface area contributed by atoms with Crippen molar-refractivity contribution >= 4 is 5.91 Å². The summed E-state index contributed by atoms with van der Waals surface area (Å²) in [6.45, 7) is 0.872. The van der Waals surface area contributed by atoms with E-state index in [1.54, 1.807) is 24.5 Å². The van der Waals surface area contributed by atoms with Crippen LogP contribution in [0.5, 0.6) is 0 Å². The standard InChI is InChI=1S/C13H19N3O/c17-13(12-6-8-14-9-7-12)16-15-10-11-4-2-1-3-5-11/h6-9,11,15H,1-5,10H2,(H,16,17). The number of hydrazine groups is 1. The molecule has 17 heavy (non-hydrogen) atoms. The molecule has 4 nitrogen and oxygen atoms in total. The highest BCUT2D eigenvalue weighted by Crippen LogP contribution is 2.22. The number of hydrogen-bond acceptors (Lipinski definition) is 3. The second-order valence-electron chi connectivity index (χ2n) is 4.57. The van der Waals surface area contributed by atoms with Gasteiger partial charge in [-0.2, -0.15) is 0 Å². The Hall–Kier alpha value is -1.42. The van der Waals surface area contributed by atoms with E-state index in [0.717, 1.165) is 6.54 Å². The summed E-state index contributed by atoms with van der Waals surface area (Å²) in [6, 6.07) is 3.41. The number of pyridine rings is 1. The maximum absolute atomic E-state index is 11.7. The van der Waals surface area contributed by atoms with Crippen molar-refractivity contribution in [2.24, 2.45) is 5.92 Å². The summed E-state index contributed by atoms with van der Waals surface area (Å²) in [7, 11) is 0. The van der Waals surface area contributed by atoms with Gasteiger partial charge in [-0.15, -0.1) is 0 Å². The topological polar surface area (TPSA) is 54.0 Å². The maximum atomic E-state index is 11.7. The van der Waals surface area contributed by atoms with E-state index in [-0.39, 0.29) is 5.91 Å². The Kier molecular flexibility index (Phi) is 4.50. The number of aromatic nitrogens is 1. The summed E-state index contributed by atoms with van der Waals surface area (Å²) in [5, 5.41) is 0. The summed E-state index contributed by atoms with van der Waals surface area (Å²) in [5.74, 6) is 0.615. The fourth-order valence-corrected chi connectivity index (χ4v) is 2.24. The molecule has 1 saturated carbocycles. The van der Waals surface area contributed by atoms with Gasteiger partial charge in [-0.05, 0) is 30.9 Å². The Bertz CT molecular complexity index is 347. The molecule has 0 aromatic carbocycles. The summed E-state index contributed by atoms with van der Waals surface area (Å²) in [4.78, 5) is 15.6. The van der Waals surface area contributed by atoms with E-state index in [2.05, 4.69) is 15.8 Å². The summed E-state index contributed by atoms with van der Waals surface area (Å²) < 4.78 is 0. The smallest absolute Gasteiger partial charge is 0.265 e. The van der Waals surface area contributed by atoms with E-state index < -0.39 is 0 Å². The van der Waals surface area contributed by atoms with E-state index in [1.165, 1.54) is 32.1 Å². The lowest BCUT2D eigenvalue weighted by atomic mass is 9.89. The van der Waals surface area contributed by atoms with Crippen LogP contribution in [0, 0.1) is 5.92 Å². The highest BCUT2D eigenvalue weighted by Gasteiger charge is 2.13. The van der Waals surface area contributed by atoms with Gasteiger partial charge in [0, 0.05) is 24.5 Å². The van der Waals surface area contributed by atoms with Gasteiger partial charge in [0.2, 0.25) is 0 Å². The van der Waals surface area contributed by atoms with E-state index in [0.29, 0.717) is 11.5 Å². The number of hydrogen-bond donors (Lipinski definition) is 2. The van der Waals surface area contributed by atoms with Crippen molar-refractivity contribution in [2.45, 2.75) is 32.1 Å². The van der Waals surface area contributed by atoms with Crippen LogP contribution >= 0.6 is 0 Å². The van der Waals surface area contributed by atoms with Crippen molar-refractivity contribution in [1.29, 1.82) is 0 Å². The molecule has 1 heterocycles. The predicted molar refractivity (Wildman–Crippen MR) is 66.3 cm³/mol. The molecule has 2 N–H and O–H groups in total. The SMILES string of the molecule is O=C(NNCC1CCCCC1)c1ccncc1. The molecule has 1 aromatic heterocycles. The molecule has 0 aliphatic heterocycles. The summed E-state index contributed by atoms with van der Waals surface area (Å²) in [6.07, 6.45) is 9.80. The quantitative estimate of drug-likeness (QED) is 0.781. The minimum atomic E-state index is -0.0943. The van der Waals surface area contributed by atoms with Crippen LogP contribution < -0.4 is 10.9 Å². The van der Waals surface area contributed by atoms with Crippen molar-refractivity contribution in [3.05, 3.63) is 30.1 Å². The van der Waals surface area contributed by atoms with Crippen molar-refractivity contribution in [2.75, 3.05) is 6.54 Å². The maximum Gasteiger partial charge on any atom is 0.265 e. The zero-order valence-corrected chi connectivity index (χ0v) is 9.98. The number of rotatable bonds is 4. The number of nitrogens with zero attached hydrogens (tertiary/aromatic N) is 1. The molecule has 0 spiro atoms. The van der Waals surface area contributed by atoms with Crippen molar-refractivity contribution in [3.63, 3.8) is 0 Å². The molecule has 0 saturated heterocycles. The molecule has 1 amide bonds. The van der Waals surface area contributed by atoms with Crippen LogP contribution in [0.3, 0.4) is 0 Å². The molecule has 0 radical (unpaired) electrons. The minimum Gasteiger partial charge on any atom is -0.287 e. The molecule has 1 aliphatic rings. The minimum absolute atomic E-state index is 0.0943. The highest BCUT2D eigenvalue weighted by atomic mass is 16.2. The van der Waals surface area contributed by atoms with E-state index in [9.17, 15) is 4.79 Å². The van der Waals surface area contributed by atoms with Crippen LogP contribution in [-0.2, 0) is 0 Å². The van der Waals surface area contributed by atoms with E-state index in [4.69, 9.17) is 0 Å². The largest absolute Gasteiger partial charge is 0.287 e. The van der Waals surface area contributed by atoms with Crippen LogP contribution in [0.1, 0.15) is 42.5 Å². The first kappa shape index (κ1) is 12.0. The Morgan fingerprint density at radius 2 is 1.94 bits per heavy atom. The van der Waals surface area contributed by atoms with Crippen LogP contribution in [0.15, 0.2) is 24.5 Å². The van der Waals surface area contributed by atoms with Gasteiger partial charge in [-0.25, -0.2) is 5.43 Å². The molecule has 0 unspecified atom stereocenters. The second-order valence-corrected chi connectivity index (χ2v) is 4.57. The third-order valence-corrected chi connectivity index (χ3v) is 3.26. The first-order valence-corrected chi connectivity index (χ1v) is 6.29. The average Bonchev–Trinajstić information content (AvgIpc) is 2.41. The van der Waals surface area contributed by atoms with Crippen LogP contribution in [0.4, 0.5) is 0 Å². The van der Waals surface area contributed by atoms with Gasteiger partial charge in [0.05, 0.1) is 0 Å². The lowest BCUT2D eigenvalue weighted by molar-refractivity contribution is 0.0928. The highest BCUT2D eigenvalue weighted by molar-refractivity contribution is 5.93. The van der Waals surface area contributed by atoms with Crippen molar-refractivity contribution in [1.82, 2.24) is 15.8 Å². The fraction of sp³-hybridized carbons (Fsp3) is 0.538. The fourth-order valence-electron chi connectivity index (χ4n) is 2.24. The zero-order valence-electron chi connectivity index (χ0n) is 9.98. The van der Waals surface area contributed by atoms with Gasteiger partial charge >= 0.3 is 0 Å². The molecule has 0 bridgehead atoms. The monoisotopic (exact) mass is 233 g/mol. The van der Waals surface area contributed by atoms with Crippen LogP contribution in [0.2, 0.25) is 0 Å². The third-order valence-electron chi connectivity index (χ3n) is 3.26. The number of carbonyl (C=O) groups is 1. The van der Waals surface area contributed by atoms with Gasteiger partial charge in [0.25, 0.3) is 5.91 Å². The molecule has 1 aliphatic carbocycles. The third kappa shape index (κ3) is 3.82. The van der Waals surface area contributed by atoms with Gasteiger partial charge in [-0.3, -0.25) is 15.2 Å². The summed E-state index contributed by atoms with van der Waals surface area (Å²) in [5.41, 5.74) is 6.40. The van der Waals surface area contributed by atoms with Crippen molar-refractivity contribution < 1.29 is 4.79 Å². The molecular weight excluding hydrogens is 214 g/mol. The Morgan fingerprint density at radius 3 is 2.65 bits per heavy atom. The zero-order chi connectivity index (χ0) is 11.9. The van der Waals surface area contributed by atoms with E-state index in [1.807, 2.05) is 0 Å². The Balaban J connectivity index is 1.69. The molecule has 1 aromatic rings. The first-order valence-electron chi connectivity index (χ1n) is 6.29.